The maximum absolute atomic E-state index is 6.29. The highest BCUT2D eigenvalue weighted by Crippen LogP contribution is 2.27. The Kier molecular flexibility index (Phi) is 3.36. The molecule has 1 aliphatic rings. The Morgan fingerprint density at radius 1 is 1.26 bits per heavy atom. The zero-order valence-corrected chi connectivity index (χ0v) is 11.2. The third-order valence-electron chi connectivity index (χ3n) is 3.84. The second-order valence-electron chi connectivity index (χ2n) is 5.40. The van der Waals surface area contributed by atoms with Gasteiger partial charge in [0.25, 0.3) is 0 Å². The molecule has 100 valence electrons. The van der Waals surface area contributed by atoms with Crippen LogP contribution in [0.1, 0.15) is 17.0 Å². The molecule has 1 aliphatic heterocycles. The fourth-order valence-corrected chi connectivity index (χ4v) is 2.87. The van der Waals surface area contributed by atoms with Crippen molar-refractivity contribution in [2.24, 2.45) is 12.8 Å². The molecule has 2 atom stereocenters. The van der Waals surface area contributed by atoms with Gasteiger partial charge < -0.3 is 5.73 Å². The number of likely N-dealkylation sites (tertiary alicyclic amines) is 1. The highest BCUT2D eigenvalue weighted by Gasteiger charge is 2.31. The average molecular weight is 256 g/mol. The van der Waals surface area contributed by atoms with Crippen molar-refractivity contribution in [2.45, 2.75) is 18.5 Å². The second kappa shape index (κ2) is 5.15. The summed E-state index contributed by atoms with van der Waals surface area (Å²) in [7, 11) is 1.95. The molecule has 1 aromatic carbocycles. The van der Waals surface area contributed by atoms with Crippen LogP contribution < -0.4 is 5.73 Å². The molecule has 1 saturated heterocycles. The van der Waals surface area contributed by atoms with E-state index >= 15 is 0 Å². The van der Waals surface area contributed by atoms with Gasteiger partial charge in [-0.15, -0.1) is 0 Å². The monoisotopic (exact) mass is 256 g/mol. The van der Waals surface area contributed by atoms with Gasteiger partial charge in [-0.2, -0.15) is 5.10 Å². The normalized spacial score (nSPS) is 23.9. The lowest BCUT2D eigenvalue weighted by molar-refractivity contribution is 0.324. The standard InChI is InChI=1S/C15H20N4/c1-18-9-13(7-17-18)14-10-19(11-15(14)16)8-12-5-3-2-4-6-12/h2-7,9,14-15H,8,10-11,16H2,1H3/t14-,15+/m0/s1. The van der Waals surface area contributed by atoms with Gasteiger partial charge in [-0.05, 0) is 11.1 Å². The van der Waals surface area contributed by atoms with E-state index in [-0.39, 0.29) is 6.04 Å². The number of nitrogens with two attached hydrogens (primary N) is 1. The first-order chi connectivity index (χ1) is 9.22. The van der Waals surface area contributed by atoms with Crippen molar-refractivity contribution in [1.82, 2.24) is 14.7 Å². The average Bonchev–Trinajstić information content (AvgIpc) is 2.97. The number of aromatic nitrogens is 2. The molecule has 3 rings (SSSR count). The quantitative estimate of drug-likeness (QED) is 0.901. The minimum absolute atomic E-state index is 0.202. The molecule has 0 unspecified atom stereocenters. The lowest BCUT2D eigenvalue weighted by atomic mass is 9.98. The van der Waals surface area contributed by atoms with Crippen molar-refractivity contribution in [3.8, 4) is 0 Å². The molecule has 19 heavy (non-hydrogen) atoms. The van der Waals surface area contributed by atoms with Crippen LogP contribution >= 0.6 is 0 Å². The molecule has 4 heteroatoms. The van der Waals surface area contributed by atoms with Crippen LogP contribution in [0.25, 0.3) is 0 Å². The van der Waals surface area contributed by atoms with Crippen molar-refractivity contribution in [2.75, 3.05) is 13.1 Å². The van der Waals surface area contributed by atoms with Crippen LogP contribution in [-0.2, 0) is 13.6 Å². The second-order valence-corrected chi connectivity index (χ2v) is 5.40. The molecular formula is C15H20N4. The fraction of sp³-hybridized carbons (Fsp3) is 0.400. The maximum Gasteiger partial charge on any atom is 0.0525 e. The summed E-state index contributed by atoms with van der Waals surface area (Å²) in [6, 6.07) is 10.8. The summed E-state index contributed by atoms with van der Waals surface area (Å²) in [5.41, 5.74) is 8.89. The molecule has 0 bridgehead atoms. The molecule has 2 heterocycles. The number of benzene rings is 1. The minimum atomic E-state index is 0.202. The van der Waals surface area contributed by atoms with Crippen molar-refractivity contribution >= 4 is 0 Å². The smallest absolute Gasteiger partial charge is 0.0525 e. The number of rotatable bonds is 3. The highest BCUT2D eigenvalue weighted by molar-refractivity contribution is 5.19. The van der Waals surface area contributed by atoms with E-state index in [9.17, 15) is 0 Å². The van der Waals surface area contributed by atoms with Crippen molar-refractivity contribution in [3.05, 3.63) is 53.9 Å². The molecule has 0 amide bonds. The molecule has 0 aliphatic carbocycles. The van der Waals surface area contributed by atoms with E-state index in [1.54, 1.807) is 0 Å². The summed E-state index contributed by atoms with van der Waals surface area (Å²) in [6.45, 7) is 2.95. The zero-order chi connectivity index (χ0) is 13.2. The van der Waals surface area contributed by atoms with Crippen LogP contribution in [0, 0.1) is 0 Å². The number of hydrogen-bond donors (Lipinski definition) is 1. The van der Waals surface area contributed by atoms with Gasteiger partial charge in [0.15, 0.2) is 0 Å². The Labute approximate surface area is 113 Å². The molecule has 0 radical (unpaired) electrons. The molecule has 0 saturated carbocycles. The first-order valence-corrected chi connectivity index (χ1v) is 6.73. The molecule has 4 nitrogen and oxygen atoms in total. The lowest BCUT2D eigenvalue weighted by Crippen LogP contribution is -2.28. The van der Waals surface area contributed by atoms with E-state index in [4.69, 9.17) is 5.73 Å². The highest BCUT2D eigenvalue weighted by atomic mass is 15.2. The first-order valence-electron chi connectivity index (χ1n) is 6.73. The van der Waals surface area contributed by atoms with Gasteiger partial charge in [0.2, 0.25) is 0 Å². The Balaban J connectivity index is 1.68. The van der Waals surface area contributed by atoms with Crippen LogP contribution in [0.4, 0.5) is 0 Å². The van der Waals surface area contributed by atoms with E-state index < -0.39 is 0 Å². The fourth-order valence-electron chi connectivity index (χ4n) is 2.87. The van der Waals surface area contributed by atoms with Gasteiger partial charge in [-0.1, -0.05) is 30.3 Å². The summed E-state index contributed by atoms with van der Waals surface area (Å²) < 4.78 is 1.85. The summed E-state index contributed by atoms with van der Waals surface area (Å²) in [5.74, 6) is 0.400. The Hall–Kier alpha value is -1.65. The van der Waals surface area contributed by atoms with Gasteiger partial charge in [-0.25, -0.2) is 0 Å². The van der Waals surface area contributed by atoms with E-state index in [1.165, 1.54) is 11.1 Å². The summed E-state index contributed by atoms with van der Waals surface area (Å²) in [6.07, 6.45) is 4.02. The number of hydrogen-bond acceptors (Lipinski definition) is 3. The molecular weight excluding hydrogens is 236 g/mol. The maximum atomic E-state index is 6.29. The first kappa shape index (κ1) is 12.4. The van der Waals surface area contributed by atoms with Crippen molar-refractivity contribution in [1.29, 1.82) is 0 Å². The third kappa shape index (κ3) is 2.69. The Morgan fingerprint density at radius 2 is 2.05 bits per heavy atom. The van der Waals surface area contributed by atoms with E-state index in [2.05, 4.69) is 46.5 Å². The van der Waals surface area contributed by atoms with Crippen molar-refractivity contribution in [3.63, 3.8) is 0 Å². The summed E-state index contributed by atoms with van der Waals surface area (Å²) >= 11 is 0. The van der Waals surface area contributed by atoms with Crippen molar-refractivity contribution < 1.29 is 0 Å². The molecule has 1 aromatic heterocycles. The number of aryl methyl sites for hydroxylation is 1. The SMILES string of the molecule is Cn1cc([C@@H]2CN(Cc3ccccc3)C[C@H]2N)cn1. The van der Waals surface area contributed by atoms with Gasteiger partial charge in [0.05, 0.1) is 6.20 Å². The van der Waals surface area contributed by atoms with Crippen LogP contribution in [0.3, 0.4) is 0 Å². The van der Waals surface area contributed by atoms with Crippen LogP contribution in [0.2, 0.25) is 0 Å². The zero-order valence-electron chi connectivity index (χ0n) is 11.2. The summed E-state index contributed by atoms with van der Waals surface area (Å²) in [4.78, 5) is 2.43. The van der Waals surface area contributed by atoms with Crippen LogP contribution in [0.15, 0.2) is 42.7 Å². The Bertz CT molecular complexity index is 534. The third-order valence-corrected chi connectivity index (χ3v) is 3.84. The molecule has 1 fully saturated rings. The summed E-state index contributed by atoms with van der Waals surface area (Å²) in [5, 5.41) is 4.25. The van der Waals surface area contributed by atoms with Gasteiger partial charge in [-0.3, -0.25) is 9.58 Å². The van der Waals surface area contributed by atoms with E-state index in [0.29, 0.717) is 5.92 Å². The largest absolute Gasteiger partial charge is 0.326 e. The van der Waals surface area contributed by atoms with E-state index in [1.807, 2.05) is 17.9 Å². The van der Waals surface area contributed by atoms with Gasteiger partial charge >= 0.3 is 0 Å². The van der Waals surface area contributed by atoms with E-state index in [0.717, 1.165) is 19.6 Å². The minimum Gasteiger partial charge on any atom is -0.326 e. The lowest BCUT2D eigenvalue weighted by Gasteiger charge is -2.15. The number of nitrogens with zero attached hydrogens (tertiary/aromatic N) is 3. The predicted octanol–water partition coefficient (Wildman–Crippen LogP) is 1.35. The van der Waals surface area contributed by atoms with Crippen LogP contribution in [-0.4, -0.2) is 33.8 Å². The molecule has 0 spiro atoms. The van der Waals surface area contributed by atoms with Crippen LogP contribution in [0.5, 0.6) is 0 Å². The molecule has 2 aromatic rings. The predicted molar refractivity (Wildman–Crippen MR) is 75.6 cm³/mol. The van der Waals surface area contributed by atoms with Gasteiger partial charge in [0, 0.05) is 44.8 Å². The topological polar surface area (TPSA) is 47.1 Å². The Morgan fingerprint density at radius 3 is 2.74 bits per heavy atom. The molecule has 2 N–H and O–H groups in total. The van der Waals surface area contributed by atoms with Gasteiger partial charge in [0.1, 0.15) is 0 Å².